The van der Waals surface area contributed by atoms with Gasteiger partial charge in [-0.1, -0.05) is 36.4 Å². The Bertz CT molecular complexity index is 761. The first-order chi connectivity index (χ1) is 12.1. The first-order valence-electron chi connectivity index (χ1n) is 8.70. The van der Waals surface area contributed by atoms with E-state index in [2.05, 4.69) is 10.2 Å². The summed E-state index contributed by atoms with van der Waals surface area (Å²) in [5.74, 6) is -0.213. The molecule has 0 spiro atoms. The van der Waals surface area contributed by atoms with Gasteiger partial charge in [0.05, 0.1) is 19.1 Å². The molecule has 5 heteroatoms. The summed E-state index contributed by atoms with van der Waals surface area (Å²) in [5.41, 5.74) is 0.833. The number of likely N-dealkylation sites (tertiary alicyclic amines) is 1. The molecule has 25 heavy (non-hydrogen) atoms. The van der Waals surface area contributed by atoms with Gasteiger partial charge < -0.3 is 10.1 Å². The molecule has 3 rings (SSSR count). The van der Waals surface area contributed by atoms with Gasteiger partial charge in [-0.15, -0.1) is 0 Å². The molecule has 2 aromatic rings. The van der Waals surface area contributed by atoms with Crippen LogP contribution < -0.4 is 5.32 Å². The average Bonchev–Trinajstić information content (AvgIpc) is 2.67. The number of amides is 1. The van der Waals surface area contributed by atoms with E-state index in [-0.39, 0.29) is 23.8 Å². The maximum atomic E-state index is 12.7. The molecule has 0 aliphatic carbocycles. The minimum absolute atomic E-state index is 0.0205. The fraction of sp³-hybridized carbons (Fsp3) is 0.400. The van der Waals surface area contributed by atoms with Crippen molar-refractivity contribution in [2.75, 3.05) is 25.5 Å². The monoisotopic (exact) mass is 340 g/mol. The Kier molecular flexibility index (Phi) is 5.34. The molecule has 132 valence electrons. The van der Waals surface area contributed by atoms with Crippen LogP contribution in [0.3, 0.4) is 0 Å². The van der Waals surface area contributed by atoms with E-state index >= 15 is 0 Å². The summed E-state index contributed by atoms with van der Waals surface area (Å²) in [7, 11) is 1.43. The molecule has 1 amide bonds. The van der Waals surface area contributed by atoms with Gasteiger partial charge in [0.15, 0.2) is 0 Å². The van der Waals surface area contributed by atoms with Crippen LogP contribution in [0.1, 0.15) is 19.8 Å². The summed E-state index contributed by atoms with van der Waals surface area (Å²) in [6.45, 7) is 3.37. The zero-order chi connectivity index (χ0) is 17.8. The van der Waals surface area contributed by atoms with E-state index < -0.39 is 0 Å². The summed E-state index contributed by atoms with van der Waals surface area (Å²) in [5, 5.41) is 5.20. The van der Waals surface area contributed by atoms with Gasteiger partial charge in [-0.2, -0.15) is 0 Å². The molecule has 5 nitrogen and oxygen atoms in total. The molecule has 0 aromatic heterocycles. The maximum absolute atomic E-state index is 12.7. The van der Waals surface area contributed by atoms with Gasteiger partial charge in [-0.3, -0.25) is 14.5 Å². The van der Waals surface area contributed by atoms with Crippen LogP contribution in [0.4, 0.5) is 5.69 Å². The molecule has 0 bridgehead atoms. The Morgan fingerprint density at radius 3 is 2.52 bits per heavy atom. The molecular weight excluding hydrogens is 316 g/mol. The van der Waals surface area contributed by atoms with E-state index in [0.717, 1.165) is 42.4 Å². The van der Waals surface area contributed by atoms with Crippen molar-refractivity contribution in [2.45, 2.75) is 25.8 Å². The van der Waals surface area contributed by atoms with Gasteiger partial charge in [0, 0.05) is 11.1 Å². The standard InChI is InChI=1S/C20H24N2O3/c1-14(22-12-10-16(11-13-22)20(24)25-2)19(23)21-18-9-5-7-15-6-3-4-8-17(15)18/h3-9,14,16H,10-13H2,1-2H3,(H,21,23)/t14-/m0/s1. The summed E-state index contributed by atoms with van der Waals surface area (Å²) >= 11 is 0. The minimum atomic E-state index is -0.238. The summed E-state index contributed by atoms with van der Waals surface area (Å²) in [4.78, 5) is 26.4. The van der Waals surface area contributed by atoms with Crippen LogP contribution in [-0.4, -0.2) is 43.0 Å². The van der Waals surface area contributed by atoms with Crippen molar-refractivity contribution in [3.05, 3.63) is 42.5 Å². The number of rotatable bonds is 4. The molecule has 0 radical (unpaired) electrons. The zero-order valence-electron chi connectivity index (χ0n) is 14.7. The molecule has 2 aromatic carbocycles. The van der Waals surface area contributed by atoms with Crippen LogP contribution in [0.15, 0.2) is 42.5 Å². The van der Waals surface area contributed by atoms with Gasteiger partial charge in [0.2, 0.25) is 5.91 Å². The number of carbonyl (C=O) groups excluding carboxylic acids is 2. The van der Waals surface area contributed by atoms with Crippen molar-refractivity contribution in [1.29, 1.82) is 0 Å². The molecule has 1 fully saturated rings. The van der Waals surface area contributed by atoms with E-state index in [0.29, 0.717) is 0 Å². The third kappa shape index (κ3) is 3.82. The Labute approximate surface area is 148 Å². The highest BCUT2D eigenvalue weighted by Crippen LogP contribution is 2.24. The molecule has 1 N–H and O–H groups in total. The topological polar surface area (TPSA) is 58.6 Å². The quantitative estimate of drug-likeness (QED) is 0.869. The van der Waals surface area contributed by atoms with Crippen LogP contribution >= 0.6 is 0 Å². The molecule has 1 heterocycles. The Balaban J connectivity index is 1.64. The maximum Gasteiger partial charge on any atom is 0.308 e. The molecule has 0 unspecified atom stereocenters. The van der Waals surface area contributed by atoms with E-state index in [1.54, 1.807) is 0 Å². The number of fused-ring (bicyclic) bond motifs is 1. The Hall–Kier alpha value is -2.40. The first kappa shape index (κ1) is 17.4. The lowest BCUT2D eigenvalue weighted by Crippen LogP contribution is -2.47. The number of methoxy groups -OCH3 is 1. The molecular formula is C20H24N2O3. The van der Waals surface area contributed by atoms with Gasteiger partial charge in [0.25, 0.3) is 0 Å². The second kappa shape index (κ2) is 7.66. The Morgan fingerprint density at radius 1 is 1.12 bits per heavy atom. The highest BCUT2D eigenvalue weighted by atomic mass is 16.5. The molecule has 1 aliphatic rings. The first-order valence-corrected chi connectivity index (χ1v) is 8.70. The average molecular weight is 340 g/mol. The van der Waals surface area contributed by atoms with Crippen LogP contribution in [0.5, 0.6) is 0 Å². The van der Waals surface area contributed by atoms with Crippen molar-refractivity contribution in [3.8, 4) is 0 Å². The fourth-order valence-electron chi connectivity index (χ4n) is 3.43. The van der Waals surface area contributed by atoms with Crippen LogP contribution in [-0.2, 0) is 14.3 Å². The highest BCUT2D eigenvalue weighted by molar-refractivity contribution is 6.03. The lowest BCUT2D eigenvalue weighted by atomic mass is 9.96. The highest BCUT2D eigenvalue weighted by Gasteiger charge is 2.30. The third-order valence-electron chi connectivity index (χ3n) is 5.04. The largest absolute Gasteiger partial charge is 0.469 e. The van der Waals surface area contributed by atoms with E-state index in [1.165, 1.54) is 7.11 Å². The number of esters is 1. The van der Waals surface area contributed by atoms with E-state index in [9.17, 15) is 9.59 Å². The number of nitrogens with one attached hydrogen (secondary N) is 1. The summed E-state index contributed by atoms with van der Waals surface area (Å²) < 4.78 is 4.82. The lowest BCUT2D eigenvalue weighted by molar-refractivity contribution is -0.147. The van der Waals surface area contributed by atoms with E-state index in [1.807, 2.05) is 49.4 Å². The fourth-order valence-corrected chi connectivity index (χ4v) is 3.43. The van der Waals surface area contributed by atoms with E-state index in [4.69, 9.17) is 4.74 Å². The van der Waals surface area contributed by atoms with Crippen molar-refractivity contribution in [3.63, 3.8) is 0 Å². The molecule has 1 aliphatic heterocycles. The lowest BCUT2D eigenvalue weighted by Gasteiger charge is -2.34. The molecule has 1 saturated heterocycles. The normalized spacial score (nSPS) is 17.2. The molecule has 0 saturated carbocycles. The Morgan fingerprint density at radius 2 is 1.80 bits per heavy atom. The van der Waals surface area contributed by atoms with Crippen LogP contribution in [0.2, 0.25) is 0 Å². The van der Waals surface area contributed by atoms with Gasteiger partial charge in [0.1, 0.15) is 0 Å². The summed E-state index contributed by atoms with van der Waals surface area (Å²) in [6, 6.07) is 13.7. The smallest absolute Gasteiger partial charge is 0.308 e. The molecule has 1 atom stereocenters. The van der Waals surface area contributed by atoms with Gasteiger partial charge in [-0.05, 0) is 44.3 Å². The second-order valence-corrected chi connectivity index (χ2v) is 6.53. The minimum Gasteiger partial charge on any atom is -0.469 e. The van der Waals surface area contributed by atoms with Gasteiger partial charge >= 0.3 is 5.97 Å². The number of benzene rings is 2. The van der Waals surface area contributed by atoms with Crippen molar-refractivity contribution in [2.24, 2.45) is 5.92 Å². The number of anilines is 1. The SMILES string of the molecule is COC(=O)C1CCN([C@@H](C)C(=O)Nc2cccc3ccccc23)CC1. The predicted molar refractivity (Wildman–Crippen MR) is 98.4 cm³/mol. The predicted octanol–water partition coefficient (Wildman–Crippen LogP) is 3.05. The number of hydrogen-bond donors (Lipinski definition) is 1. The number of piperidine rings is 1. The van der Waals surface area contributed by atoms with Crippen molar-refractivity contribution >= 4 is 28.3 Å². The number of ether oxygens (including phenoxy) is 1. The summed E-state index contributed by atoms with van der Waals surface area (Å²) in [6.07, 6.45) is 1.47. The second-order valence-electron chi connectivity index (χ2n) is 6.53. The number of hydrogen-bond acceptors (Lipinski definition) is 4. The third-order valence-corrected chi connectivity index (χ3v) is 5.04. The number of carbonyl (C=O) groups is 2. The number of nitrogens with zero attached hydrogens (tertiary/aromatic N) is 1. The van der Waals surface area contributed by atoms with Crippen LogP contribution in [0.25, 0.3) is 10.8 Å². The van der Waals surface area contributed by atoms with Crippen molar-refractivity contribution < 1.29 is 14.3 Å². The zero-order valence-corrected chi connectivity index (χ0v) is 14.7. The van der Waals surface area contributed by atoms with Crippen molar-refractivity contribution in [1.82, 2.24) is 4.90 Å². The van der Waals surface area contributed by atoms with Gasteiger partial charge in [-0.25, -0.2) is 0 Å². The van der Waals surface area contributed by atoms with Crippen LogP contribution in [0, 0.1) is 5.92 Å².